The smallest absolute Gasteiger partial charge is 0.261 e. The Morgan fingerprint density at radius 1 is 0.792 bits per heavy atom. The molecule has 122 valence electrons. The maximum atomic E-state index is 12.6. The highest BCUT2D eigenvalue weighted by Crippen LogP contribution is 2.33. The lowest BCUT2D eigenvalue weighted by atomic mass is 10.1. The molecule has 0 bridgehead atoms. The average molecular weight is 341 g/mol. The van der Waals surface area contributed by atoms with Crippen molar-refractivity contribution in [2.24, 2.45) is 0 Å². The van der Waals surface area contributed by atoms with Crippen molar-refractivity contribution in [2.75, 3.05) is 17.9 Å². The quantitative estimate of drug-likeness (QED) is 0.793. The summed E-state index contributed by atoms with van der Waals surface area (Å²) in [5, 5.41) is 1.87. The van der Waals surface area contributed by atoms with Gasteiger partial charge in [-0.2, -0.15) is 0 Å². The molecule has 3 aromatic rings. The molecule has 0 spiro atoms. The fourth-order valence-corrected chi connectivity index (χ4v) is 3.74. The summed E-state index contributed by atoms with van der Waals surface area (Å²) < 4.78 is 38.8. The molecule has 5 nitrogen and oxygen atoms in total. The Morgan fingerprint density at radius 2 is 1.54 bits per heavy atom. The van der Waals surface area contributed by atoms with Gasteiger partial charge in [0.2, 0.25) is 0 Å². The third-order valence-corrected chi connectivity index (χ3v) is 5.20. The molecule has 1 aliphatic rings. The van der Waals surface area contributed by atoms with E-state index in [2.05, 4.69) is 4.72 Å². The fourth-order valence-electron chi connectivity index (χ4n) is 2.66. The zero-order valence-electron chi connectivity index (χ0n) is 12.7. The van der Waals surface area contributed by atoms with Crippen LogP contribution < -0.4 is 14.2 Å². The van der Waals surface area contributed by atoms with Crippen molar-refractivity contribution in [3.05, 3.63) is 60.7 Å². The second kappa shape index (κ2) is 5.72. The Hall–Kier alpha value is -2.73. The standard InChI is InChI=1S/C18H15NO4S/c20-24(21,16-7-5-13-3-1-2-4-14(13)11-16)19-15-6-8-17-18(12-15)23-10-9-22-17/h1-8,11-12,19H,9-10H2. The minimum Gasteiger partial charge on any atom is -0.486 e. The van der Waals surface area contributed by atoms with Crippen LogP contribution in [0.3, 0.4) is 0 Å². The van der Waals surface area contributed by atoms with Gasteiger partial charge in [-0.25, -0.2) is 8.42 Å². The van der Waals surface area contributed by atoms with Crippen molar-refractivity contribution in [1.82, 2.24) is 0 Å². The van der Waals surface area contributed by atoms with Crippen LogP contribution in [0.4, 0.5) is 5.69 Å². The Bertz CT molecular complexity index is 1010. The minimum absolute atomic E-state index is 0.219. The number of rotatable bonds is 3. The number of sulfonamides is 1. The first kappa shape index (κ1) is 14.8. The summed E-state index contributed by atoms with van der Waals surface area (Å²) in [5.41, 5.74) is 0.437. The minimum atomic E-state index is -3.68. The van der Waals surface area contributed by atoms with Gasteiger partial charge in [-0.1, -0.05) is 30.3 Å². The second-order valence-electron chi connectivity index (χ2n) is 5.47. The monoisotopic (exact) mass is 341 g/mol. The summed E-state index contributed by atoms with van der Waals surface area (Å²) >= 11 is 0. The van der Waals surface area contributed by atoms with Gasteiger partial charge in [-0.3, -0.25) is 4.72 Å². The first-order valence-electron chi connectivity index (χ1n) is 7.53. The SMILES string of the molecule is O=S(=O)(Nc1ccc2c(c1)OCCO2)c1ccc2ccccc2c1. The highest BCUT2D eigenvalue weighted by atomic mass is 32.2. The van der Waals surface area contributed by atoms with Crippen LogP contribution in [-0.4, -0.2) is 21.6 Å². The molecule has 0 saturated carbocycles. The zero-order chi connectivity index (χ0) is 16.6. The van der Waals surface area contributed by atoms with Gasteiger partial charge >= 0.3 is 0 Å². The van der Waals surface area contributed by atoms with Gasteiger partial charge in [0.15, 0.2) is 11.5 Å². The van der Waals surface area contributed by atoms with E-state index in [4.69, 9.17) is 9.47 Å². The Kier molecular flexibility index (Phi) is 3.54. The van der Waals surface area contributed by atoms with Crippen LogP contribution in [0.2, 0.25) is 0 Å². The van der Waals surface area contributed by atoms with Gasteiger partial charge in [-0.15, -0.1) is 0 Å². The van der Waals surface area contributed by atoms with Gasteiger partial charge < -0.3 is 9.47 Å². The van der Waals surface area contributed by atoms with Gasteiger partial charge in [0, 0.05) is 6.07 Å². The molecule has 0 aromatic heterocycles. The van der Waals surface area contributed by atoms with Crippen LogP contribution in [-0.2, 0) is 10.0 Å². The summed E-state index contributed by atoms with van der Waals surface area (Å²) in [6.45, 7) is 0.947. The number of benzene rings is 3. The molecule has 0 aliphatic carbocycles. The number of hydrogen-bond donors (Lipinski definition) is 1. The summed E-state index contributed by atoms with van der Waals surface area (Å²) in [4.78, 5) is 0.219. The second-order valence-corrected chi connectivity index (χ2v) is 7.16. The summed E-state index contributed by atoms with van der Waals surface area (Å²) in [6.07, 6.45) is 0. The van der Waals surface area contributed by atoms with Crippen LogP contribution in [0.25, 0.3) is 10.8 Å². The Balaban J connectivity index is 1.67. The molecule has 0 unspecified atom stereocenters. The normalized spacial score (nSPS) is 13.7. The first-order chi connectivity index (χ1) is 11.6. The Labute approximate surface area is 139 Å². The number of nitrogens with one attached hydrogen (secondary N) is 1. The van der Waals surface area contributed by atoms with E-state index in [0.717, 1.165) is 10.8 Å². The van der Waals surface area contributed by atoms with Crippen LogP contribution >= 0.6 is 0 Å². The molecule has 0 saturated heterocycles. The number of fused-ring (bicyclic) bond motifs is 2. The van der Waals surface area contributed by atoms with Crippen molar-refractivity contribution in [2.45, 2.75) is 4.90 Å². The topological polar surface area (TPSA) is 64.6 Å². The number of ether oxygens (including phenoxy) is 2. The van der Waals surface area contributed by atoms with E-state index in [9.17, 15) is 8.42 Å². The molecule has 3 aromatic carbocycles. The molecule has 24 heavy (non-hydrogen) atoms. The van der Waals surface area contributed by atoms with Crippen molar-refractivity contribution in [3.63, 3.8) is 0 Å². The first-order valence-corrected chi connectivity index (χ1v) is 9.01. The molecular formula is C18H15NO4S. The third-order valence-electron chi connectivity index (χ3n) is 3.83. The van der Waals surface area contributed by atoms with Crippen molar-refractivity contribution in [1.29, 1.82) is 0 Å². The zero-order valence-corrected chi connectivity index (χ0v) is 13.5. The number of hydrogen-bond acceptors (Lipinski definition) is 4. The molecule has 0 fully saturated rings. The molecule has 0 amide bonds. The third kappa shape index (κ3) is 2.76. The Morgan fingerprint density at radius 3 is 2.38 bits per heavy atom. The molecular weight excluding hydrogens is 326 g/mol. The van der Waals surface area contributed by atoms with E-state index in [1.54, 1.807) is 36.4 Å². The van der Waals surface area contributed by atoms with Crippen LogP contribution in [0.5, 0.6) is 11.5 Å². The van der Waals surface area contributed by atoms with E-state index < -0.39 is 10.0 Å². The summed E-state index contributed by atoms with van der Waals surface area (Å²) in [6, 6.07) is 17.7. The maximum absolute atomic E-state index is 12.6. The van der Waals surface area contributed by atoms with Gasteiger partial charge in [0.25, 0.3) is 10.0 Å². The van der Waals surface area contributed by atoms with Gasteiger partial charge in [0.1, 0.15) is 13.2 Å². The van der Waals surface area contributed by atoms with E-state index in [-0.39, 0.29) is 4.90 Å². The van der Waals surface area contributed by atoms with Crippen LogP contribution in [0.1, 0.15) is 0 Å². The van der Waals surface area contributed by atoms with Crippen molar-refractivity contribution >= 4 is 26.5 Å². The van der Waals surface area contributed by atoms with Crippen LogP contribution in [0, 0.1) is 0 Å². The van der Waals surface area contributed by atoms with E-state index >= 15 is 0 Å². The molecule has 4 rings (SSSR count). The molecule has 0 atom stereocenters. The van der Waals surface area contributed by atoms with Crippen molar-refractivity contribution < 1.29 is 17.9 Å². The molecule has 6 heteroatoms. The van der Waals surface area contributed by atoms with Gasteiger partial charge in [0.05, 0.1) is 10.6 Å². The lowest BCUT2D eigenvalue weighted by molar-refractivity contribution is 0.171. The fraction of sp³-hybridized carbons (Fsp3) is 0.111. The lowest BCUT2D eigenvalue weighted by Gasteiger charge is -2.19. The van der Waals surface area contributed by atoms with Crippen LogP contribution in [0.15, 0.2) is 65.6 Å². The van der Waals surface area contributed by atoms with E-state index in [1.807, 2.05) is 24.3 Å². The molecule has 1 aliphatic heterocycles. The average Bonchev–Trinajstić information content (AvgIpc) is 2.61. The van der Waals surface area contributed by atoms with Crippen molar-refractivity contribution in [3.8, 4) is 11.5 Å². The predicted molar refractivity (Wildman–Crippen MR) is 92.2 cm³/mol. The largest absolute Gasteiger partial charge is 0.486 e. The molecule has 1 N–H and O–H groups in total. The lowest BCUT2D eigenvalue weighted by Crippen LogP contribution is -2.16. The number of anilines is 1. The van der Waals surface area contributed by atoms with E-state index in [1.165, 1.54) is 0 Å². The summed E-state index contributed by atoms with van der Waals surface area (Å²) in [7, 11) is -3.68. The molecule has 0 radical (unpaired) electrons. The molecule has 1 heterocycles. The maximum Gasteiger partial charge on any atom is 0.261 e. The predicted octanol–water partition coefficient (Wildman–Crippen LogP) is 3.41. The van der Waals surface area contributed by atoms with Gasteiger partial charge in [-0.05, 0) is 35.0 Å². The highest BCUT2D eigenvalue weighted by molar-refractivity contribution is 7.92. The summed E-state index contributed by atoms with van der Waals surface area (Å²) in [5.74, 6) is 1.16. The van der Waals surface area contributed by atoms with E-state index in [0.29, 0.717) is 30.4 Å². The highest BCUT2D eigenvalue weighted by Gasteiger charge is 2.17.